The Morgan fingerprint density at radius 1 is 1.28 bits per heavy atom. The van der Waals surface area contributed by atoms with Crippen LogP contribution < -0.4 is 11.1 Å². The maximum atomic E-state index is 14.1. The van der Waals surface area contributed by atoms with Crippen molar-refractivity contribution in [2.45, 2.75) is 32.1 Å². The number of nitrogens with one attached hydrogen (secondary N) is 1. The van der Waals surface area contributed by atoms with Crippen molar-refractivity contribution in [3.05, 3.63) is 58.4 Å². The van der Waals surface area contributed by atoms with E-state index in [2.05, 4.69) is 30.4 Å². The van der Waals surface area contributed by atoms with Crippen LogP contribution in [-0.4, -0.2) is 35.5 Å². The van der Waals surface area contributed by atoms with Crippen LogP contribution in [0.15, 0.2) is 30.7 Å². The molecule has 1 aliphatic rings. The SMILES string of the molecule is CCCc1nc(-c2nc(N)c3c(n2)NC(=O)C3(C)c2ccc(Cl)c(F)c2)cn2ncnc12. The molecule has 3 N–H and O–H groups in total. The third-order valence-corrected chi connectivity index (χ3v) is 5.97. The normalized spacial score (nSPS) is 17.6. The highest BCUT2D eigenvalue weighted by Gasteiger charge is 2.47. The summed E-state index contributed by atoms with van der Waals surface area (Å²) in [6.07, 6.45) is 4.69. The maximum Gasteiger partial charge on any atom is 0.240 e. The summed E-state index contributed by atoms with van der Waals surface area (Å²) in [7, 11) is 0. The van der Waals surface area contributed by atoms with Crippen LogP contribution in [0, 0.1) is 5.82 Å². The molecule has 1 amide bonds. The summed E-state index contributed by atoms with van der Waals surface area (Å²) in [4.78, 5) is 30.9. The van der Waals surface area contributed by atoms with E-state index in [0.29, 0.717) is 28.9 Å². The third kappa shape index (κ3) is 2.90. The number of hydrogen-bond acceptors (Lipinski definition) is 7. The van der Waals surface area contributed by atoms with Crippen molar-refractivity contribution in [1.82, 2.24) is 29.5 Å². The first-order valence-electron chi connectivity index (χ1n) is 9.97. The summed E-state index contributed by atoms with van der Waals surface area (Å²) < 4.78 is 15.8. The van der Waals surface area contributed by atoms with Crippen molar-refractivity contribution in [3.63, 3.8) is 0 Å². The molecule has 3 aromatic heterocycles. The first-order chi connectivity index (χ1) is 15.3. The van der Waals surface area contributed by atoms with Gasteiger partial charge >= 0.3 is 0 Å². The third-order valence-electron chi connectivity index (χ3n) is 5.67. The first-order valence-corrected chi connectivity index (χ1v) is 10.3. The van der Waals surface area contributed by atoms with Gasteiger partial charge < -0.3 is 11.1 Å². The van der Waals surface area contributed by atoms with Crippen LogP contribution in [0.4, 0.5) is 16.0 Å². The number of nitrogens with zero attached hydrogens (tertiary/aromatic N) is 6. The van der Waals surface area contributed by atoms with Crippen molar-refractivity contribution in [1.29, 1.82) is 0 Å². The summed E-state index contributed by atoms with van der Waals surface area (Å²) >= 11 is 5.81. The first kappa shape index (κ1) is 20.3. The number of aromatic nitrogens is 6. The van der Waals surface area contributed by atoms with Gasteiger partial charge in [-0.15, -0.1) is 0 Å². The van der Waals surface area contributed by atoms with E-state index >= 15 is 0 Å². The van der Waals surface area contributed by atoms with E-state index in [1.165, 1.54) is 18.5 Å². The monoisotopic (exact) mass is 452 g/mol. The molecule has 0 saturated heterocycles. The molecule has 1 unspecified atom stereocenters. The van der Waals surface area contributed by atoms with Gasteiger partial charge in [0.2, 0.25) is 5.91 Å². The summed E-state index contributed by atoms with van der Waals surface area (Å²) in [6.45, 7) is 3.69. The van der Waals surface area contributed by atoms with Gasteiger partial charge in [-0.3, -0.25) is 4.79 Å². The number of fused-ring (bicyclic) bond motifs is 2. The van der Waals surface area contributed by atoms with Gasteiger partial charge in [0.15, 0.2) is 11.5 Å². The second-order valence-electron chi connectivity index (χ2n) is 7.72. The average molecular weight is 453 g/mol. The number of nitrogens with two attached hydrogens (primary N) is 1. The van der Waals surface area contributed by atoms with Crippen molar-refractivity contribution in [2.75, 3.05) is 11.1 Å². The number of halogens is 2. The second kappa shape index (κ2) is 7.20. The van der Waals surface area contributed by atoms with E-state index in [1.807, 2.05) is 6.92 Å². The average Bonchev–Trinajstić information content (AvgIpc) is 3.33. The Hall–Kier alpha value is -3.66. The predicted molar refractivity (Wildman–Crippen MR) is 117 cm³/mol. The van der Waals surface area contributed by atoms with Gasteiger partial charge in [-0.25, -0.2) is 28.8 Å². The van der Waals surface area contributed by atoms with Gasteiger partial charge in [0, 0.05) is 0 Å². The second-order valence-corrected chi connectivity index (χ2v) is 8.12. The van der Waals surface area contributed by atoms with Gasteiger partial charge in [0.25, 0.3) is 0 Å². The fraction of sp³-hybridized carbons (Fsp3) is 0.238. The van der Waals surface area contributed by atoms with E-state index in [0.717, 1.165) is 12.1 Å². The quantitative estimate of drug-likeness (QED) is 0.487. The zero-order valence-electron chi connectivity index (χ0n) is 17.2. The topological polar surface area (TPSA) is 124 Å². The van der Waals surface area contributed by atoms with Crippen LogP contribution in [0.2, 0.25) is 5.02 Å². The molecule has 0 spiro atoms. The number of carbonyl (C=O) groups is 1. The maximum absolute atomic E-state index is 14.1. The van der Waals surface area contributed by atoms with Gasteiger partial charge in [0.1, 0.15) is 34.9 Å². The molecular weight excluding hydrogens is 435 g/mol. The fourth-order valence-corrected chi connectivity index (χ4v) is 4.13. The summed E-state index contributed by atoms with van der Waals surface area (Å²) in [5, 5.41) is 6.92. The highest BCUT2D eigenvalue weighted by molar-refractivity contribution is 6.30. The molecule has 0 radical (unpaired) electrons. The minimum Gasteiger partial charge on any atom is -0.383 e. The van der Waals surface area contributed by atoms with Crippen molar-refractivity contribution in [3.8, 4) is 11.5 Å². The lowest BCUT2D eigenvalue weighted by molar-refractivity contribution is -0.119. The van der Waals surface area contributed by atoms with Gasteiger partial charge in [-0.1, -0.05) is 31.0 Å². The number of carbonyl (C=O) groups excluding carboxylic acids is 1. The zero-order valence-corrected chi connectivity index (χ0v) is 18.0. The van der Waals surface area contributed by atoms with Crippen molar-refractivity contribution < 1.29 is 9.18 Å². The molecule has 162 valence electrons. The Morgan fingerprint density at radius 2 is 2.09 bits per heavy atom. The lowest BCUT2D eigenvalue weighted by atomic mass is 9.77. The van der Waals surface area contributed by atoms with Crippen molar-refractivity contribution >= 4 is 34.8 Å². The highest BCUT2D eigenvalue weighted by Crippen LogP contribution is 2.45. The van der Waals surface area contributed by atoms with Gasteiger partial charge in [-0.2, -0.15) is 5.10 Å². The zero-order chi connectivity index (χ0) is 22.6. The number of hydrogen-bond donors (Lipinski definition) is 2. The number of anilines is 2. The molecular formula is C21H18ClFN8O. The molecule has 32 heavy (non-hydrogen) atoms. The van der Waals surface area contributed by atoms with Crippen molar-refractivity contribution in [2.24, 2.45) is 0 Å². The molecule has 1 aromatic carbocycles. The summed E-state index contributed by atoms with van der Waals surface area (Å²) in [5.74, 6) is -0.426. The number of aryl methyl sites for hydroxylation is 1. The standard InChI is InChI=1S/C21H18ClFN8O/c1-3-4-13-19-25-9-26-31(19)8-14(27-13)17-28-16(24)15-18(29-17)30-20(32)21(15,2)10-5-6-11(22)12(23)7-10/h5-9H,3-4H2,1-2H3,(H3,24,28,29,30,32). The predicted octanol–water partition coefficient (Wildman–Crippen LogP) is 3.17. The summed E-state index contributed by atoms with van der Waals surface area (Å²) in [5.41, 5.74) is 7.68. The molecule has 0 aliphatic carbocycles. The molecule has 1 atom stereocenters. The lowest BCUT2D eigenvalue weighted by Gasteiger charge is -2.23. The number of rotatable bonds is 4. The van der Waals surface area contributed by atoms with E-state index < -0.39 is 17.1 Å². The Bertz CT molecular complexity index is 1400. The highest BCUT2D eigenvalue weighted by atomic mass is 35.5. The van der Waals surface area contributed by atoms with Crippen LogP contribution in [0.1, 0.15) is 37.1 Å². The van der Waals surface area contributed by atoms with E-state index in [4.69, 9.17) is 17.3 Å². The Balaban J connectivity index is 1.66. The molecule has 0 bridgehead atoms. The van der Waals surface area contributed by atoms with Crippen LogP contribution >= 0.6 is 11.6 Å². The van der Waals surface area contributed by atoms with Crippen LogP contribution in [0.25, 0.3) is 17.2 Å². The van der Waals surface area contributed by atoms with Crippen LogP contribution in [0.3, 0.4) is 0 Å². The molecule has 9 nitrogen and oxygen atoms in total. The number of benzene rings is 1. The molecule has 11 heteroatoms. The largest absolute Gasteiger partial charge is 0.383 e. The molecule has 1 aliphatic heterocycles. The Kier molecular flexibility index (Phi) is 4.55. The lowest BCUT2D eigenvalue weighted by Crippen LogP contribution is -2.33. The molecule has 0 saturated carbocycles. The fourth-order valence-electron chi connectivity index (χ4n) is 4.01. The number of amides is 1. The van der Waals surface area contributed by atoms with Gasteiger partial charge in [-0.05, 0) is 31.0 Å². The summed E-state index contributed by atoms with van der Waals surface area (Å²) in [6, 6.07) is 4.22. The van der Waals surface area contributed by atoms with Crippen LogP contribution in [-0.2, 0) is 16.6 Å². The molecule has 0 fully saturated rings. The minimum atomic E-state index is -1.28. The Labute approximate surface area is 186 Å². The molecule has 4 heterocycles. The van der Waals surface area contributed by atoms with E-state index in [9.17, 15) is 9.18 Å². The van der Waals surface area contributed by atoms with E-state index in [-0.39, 0.29) is 22.5 Å². The molecule has 4 aromatic rings. The van der Waals surface area contributed by atoms with Crippen LogP contribution in [0.5, 0.6) is 0 Å². The molecule has 5 rings (SSSR count). The van der Waals surface area contributed by atoms with E-state index in [1.54, 1.807) is 23.7 Å². The smallest absolute Gasteiger partial charge is 0.240 e. The Morgan fingerprint density at radius 3 is 2.84 bits per heavy atom. The number of nitrogen functional groups attached to an aromatic ring is 1. The minimum absolute atomic E-state index is 0.0343. The van der Waals surface area contributed by atoms with Gasteiger partial charge in [0.05, 0.1) is 22.5 Å².